The number of nitriles is 1. The number of nitrogens with zero attached hydrogens (tertiary/aromatic N) is 6. The van der Waals surface area contributed by atoms with E-state index in [0.717, 1.165) is 23.7 Å². The fraction of sp³-hybridized carbons (Fsp3) is 0.414. The molecule has 41 heavy (non-hydrogen) atoms. The van der Waals surface area contributed by atoms with Crippen LogP contribution in [0.15, 0.2) is 48.9 Å². The summed E-state index contributed by atoms with van der Waals surface area (Å²) in [5.74, 6) is 0.421. The van der Waals surface area contributed by atoms with Crippen molar-refractivity contribution in [2.45, 2.75) is 56.3 Å². The quantitative estimate of drug-likeness (QED) is 0.448. The number of likely N-dealkylation sites (tertiary alicyclic amines) is 1. The highest BCUT2D eigenvalue weighted by Crippen LogP contribution is 2.40. The van der Waals surface area contributed by atoms with Gasteiger partial charge in [0.1, 0.15) is 30.3 Å². The van der Waals surface area contributed by atoms with E-state index >= 15 is 0 Å². The van der Waals surface area contributed by atoms with Crippen LogP contribution >= 0.6 is 0 Å². The molecule has 0 radical (unpaired) electrons. The molecule has 4 atom stereocenters. The minimum absolute atomic E-state index is 0.0158. The van der Waals surface area contributed by atoms with Gasteiger partial charge in [0.2, 0.25) is 17.4 Å². The minimum Gasteiger partial charge on any atom is -0.472 e. The summed E-state index contributed by atoms with van der Waals surface area (Å²) in [6.07, 6.45) is 5.43. The fourth-order valence-corrected chi connectivity index (χ4v) is 5.63. The summed E-state index contributed by atoms with van der Waals surface area (Å²) in [6, 6.07) is 10.7. The summed E-state index contributed by atoms with van der Waals surface area (Å²) < 4.78 is 6.10. The summed E-state index contributed by atoms with van der Waals surface area (Å²) in [5, 5.41) is 16.7. The third-order valence-electron chi connectivity index (χ3n) is 8.10. The van der Waals surface area contributed by atoms with E-state index in [1.165, 1.54) is 16.1 Å². The van der Waals surface area contributed by atoms with Gasteiger partial charge in [-0.1, -0.05) is 25.0 Å². The molecule has 0 bridgehead atoms. The Balaban J connectivity index is 1.22. The van der Waals surface area contributed by atoms with Crippen LogP contribution in [0.2, 0.25) is 0 Å². The van der Waals surface area contributed by atoms with Crippen LogP contribution in [0.4, 0.5) is 11.6 Å². The van der Waals surface area contributed by atoms with Crippen LogP contribution in [0.1, 0.15) is 32.6 Å². The second kappa shape index (κ2) is 10.3. The number of hydrogen-bond donors (Lipinski definition) is 2. The van der Waals surface area contributed by atoms with Crippen LogP contribution in [-0.2, 0) is 14.4 Å². The molecule has 2 N–H and O–H groups in total. The van der Waals surface area contributed by atoms with Crippen LogP contribution in [0.5, 0.6) is 5.75 Å². The van der Waals surface area contributed by atoms with Gasteiger partial charge in [0.05, 0.1) is 18.1 Å². The monoisotopic (exact) mass is 554 g/mol. The van der Waals surface area contributed by atoms with Gasteiger partial charge in [-0.3, -0.25) is 14.4 Å². The highest BCUT2D eigenvalue weighted by Gasteiger charge is 2.56. The Bertz CT molecular complexity index is 1560. The molecule has 6 rings (SSSR count). The van der Waals surface area contributed by atoms with Gasteiger partial charge in [0.15, 0.2) is 11.6 Å². The zero-order valence-electron chi connectivity index (χ0n) is 22.8. The molecule has 2 aromatic heterocycles. The third kappa shape index (κ3) is 4.88. The lowest BCUT2D eigenvalue weighted by Gasteiger charge is -2.35. The second-order valence-corrected chi connectivity index (χ2v) is 11.0. The van der Waals surface area contributed by atoms with Crippen molar-refractivity contribution < 1.29 is 19.1 Å². The first-order valence-corrected chi connectivity index (χ1v) is 13.7. The van der Waals surface area contributed by atoms with Crippen molar-refractivity contribution in [3.8, 4) is 11.8 Å². The molecule has 1 saturated carbocycles. The smallest absolute Gasteiger partial charge is 0.271 e. The Morgan fingerprint density at radius 3 is 2.83 bits per heavy atom. The summed E-state index contributed by atoms with van der Waals surface area (Å²) in [6.45, 7) is 1.62. The zero-order chi connectivity index (χ0) is 28.7. The van der Waals surface area contributed by atoms with Crippen LogP contribution in [0.3, 0.4) is 0 Å². The van der Waals surface area contributed by atoms with E-state index in [1.807, 2.05) is 24.3 Å². The number of rotatable bonds is 7. The van der Waals surface area contributed by atoms with Gasteiger partial charge in [0, 0.05) is 25.1 Å². The SMILES string of the molecule is CC(Nc1ncnc2ccccc12)C(=O)N(C)C(CC1CC1)C(=O)N1CC2(CC1C#N)Oc1cccnc1NC2=O. The lowest BCUT2D eigenvalue weighted by Crippen LogP contribution is -2.56. The standard InChI is InChI=1S/C29H30N8O4/c1-17(34-24-20-6-3-4-7-21(20)32-16-33-24)26(38)36(2)22(12-18-9-10-18)27(39)37-15-29(13-19(37)14-30)28(40)35-25-23(41-29)8-5-11-31-25/h3-8,11,16-19,22H,9-10,12-13,15H2,1-2H3,(H,31,35,40)(H,32,33,34). The number of anilines is 2. The Labute approximate surface area is 236 Å². The molecule has 12 heteroatoms. The lowest BCUT2D eigenvalue weighted by molar-refractivity contribution is -0.146. The molecule has 1 aliphatic carbocycles. The number of hydrogen-bond acceptors (Lipinski definition) is 9. The largest absolute Gasteiger partial charge is 0.472 e. The molecule has 4 heterocycles. The minimum atomic E-state index is -1.41. The van der Waals surface area contributed by atoms with Crippen molar-refractivity contribution in [2.75, 3.05) is 24.2 Å². The van der Waals surface area contributed by atoms with Gasteiger partial charge in [-0.05, 0) is 43.5 Å². The number of aromatic nitrogens is 3. The Morgan fingerprint density at radius 1 is 1.24 bits per heavy atom. The Hall–Kier alpha value is -4.79. The number of carbonyl (C=O) groups excluding carboxylic acids is 3. The maximum atomic E-state index is 14.1. The van der Waals surface area contributed by atoms with Crippen LogP contribution in [0.25, 0.3) is 10.9 Å². The molecule has 12 nitrogen and oxygen atoms in total. The third-order valence-corrected chi connectivity index (χ3v) is 8.10. The van der Waals surface area contributed by atoms with E-state index in [4.69, 9.17) is 4.74 Å². The van der Waals surface area contributed by atoms with Gasteiger partial charge >= 0.3 is 0 Å². The number of benzene rings is 1. The van der Waals surface area contributed by atoms with Gasteiger partial charge in [0.25, 0.3) is 5.91 Å². The predicted octanol–water partition coefficient (Wildman–Crippen LogP) is 2.35. The first-order valence-electron chi connectivity index (χ1n) is 13.7. The zero-order valence-corrected chi connectivity index (χ0v) is 22.8. The Kier molecular flexibility index (Phi) is 6.65. The summed E-state index contributed by atoms with van der Waals surface area (Å²) in [5.41, 5.74) is -0.667. The number of likely N-dealkylation sites (N-methyl/N-ethyl adjacent to an activating group) is 1. The number of nitrogens with one attached hydrogen (secondary N) is 2. The number of pyridine rings is 1. The molecule has 3 aliphatic rings. The van der Waals surface area contributed by atoms with Crippen molar-refractivity contribution in [2.24, 2.45) is 5.92 Å². The van der Waals surface area contributed by atoms with E-state index in [1.54, 1.807) is 32.3 Å². The molecule has 3 aromatic rings. The maximum Gasteiger partial charge on any atom is 0.271 e. The van der Waals surface area contributed by atoms with E-state index in [-0.39, 0.29) is 24.8 Å². The summed E-state index contributed by atoms with van der Waals surface area (Å²) in [7, 11) is 1.61. The molecule has 4 unspecified atom stereocenters. The lowest BCUT2D eigenvalue weighted by atomic mass is 9.97. The van der Waals surface area contributed by atoms with Crippen molar-refractivity contribution in [3.63, 3.8) is 0 Å². The topological polar surface area (TPSA) is 153 Å². The molecular weight excluding hydrogens is 524 g/mol. The first kappa shape index (κ1) is 26.4. The van der Waals surface area contributed by atoms with Gasteiger partial charge < -0.3 is 25.2 Å². The van der Waals surface area contributed by atoms with E-state index in [0.29, 0.717) is 29.7 Å². The molecule has 2 aliphatic heterocycles. The average molecular weight is 555 g/mol. The molecule has 1 saturated heterocycles. The molecule has 1 spiro atoms. The number of amides is 3. The van der Waals surface area contributed by atoms with E-state index in [2.05, 4.69) is 31.7 Å². The number of ether oxygens (including phenoxy) is 1. The Morgan fingerprint density at radius 2 is 2.05 bits per heavy atom. The maximum absolute atomic E-state index is 14.1. The van der Waals surface area contributed by atoms with Crippen LogP contribution < -0.4 is 15.4 Å². The molecular formula is C29H30N8O4. The van der Waals surface area contributed by atoms with Crippen molar-refractivity contribution >= 4 is 40.3 Å². The van der Waals surface area contributed by atoms with Crippen LogP contribution in [0, 0.1) is 17.2 Å². The van der Waals surface area contributed by atoms with Gasteiger partial charge in [-0.15, -0.1) is 0 Å². The number of fused-ring (bicyclic) bond motifs is 2. The van der Waals surface area contributed by atoms with Crippen molar-refractivity contribution in [1.82, 2.24) is 24.8 Å². The molecule has 1 aromatic carbocycles. The second-order valence-electron chi connectivity index (χ2n) is 11.0. The first-order chi connectivity index (χ1) is 19.8. The van der Waals surface area contributed by atoms with Gasteiger partial charge in [-0.25, -0.2) is 15.0 Å². The average Bonchev–Trinajstić information content (AvgIpc) is 3.74. The van der Waals surface area contributed by atoms with Crippen molar-refractivity contribution in [1.29, 1.82) is 5.26 Å². The molecule has 2 fully saturated rings. The molecule has 3 amide bonds. The number of para-hydroxylation sites is 1. The fourth-order valence-electron chi connectivity index (χ4n) is 5.63. The summed E-state index contributed by atoms with van der Waals surface area (Å²) in [4.78, 5) is 56.5. The number of carbonyl (C=O) groups is 3. The van der Waals surface area contributed by atoms with Crippen molar-refractivity contribution in [3.05, 3.63) is 48.9 Å². The van der Waals surface area contributed by atoms with Gasteiger partial charge in [-0.2, -0.15) is 5.26 Å². The molecule has 210 valence electrons. The summed E-state index contributed by atoms with van der Waals surface area (Å²) >= 11 is 0. The van der Waals surface area contributed by atoms with Crippen LogP contribution in [-0.4, -0.2) is 79.8 Å². The highest BCUT2D eigenvalue weighted by molar-refractivity contribution is 6.01. The normalized spacial score (nSPS) is 22.7. The van der Waals surface area contributed by atoms with E-state index in [9.17, 15) is 19.6 Å². The predicted molar refractivity (Wildman–Crippen MR) is 148 cm³/mol. The van der Waals surface area contributed by atoms with E-state index < -0.39 is 29.6 Å². The highest BCUT2D eigenvalue weighted by atomic mass is 16.5.